The minimum absolute atomic E-state index is 0.0985. The number of aromatic nitrogens is 2. The fraction of sp³-hybridized carbons (Fsp3) is 0.286. The maximum absolute atomic E-state index is 10.6. The summed E-state index contributed by atoms with van der Waals surface area (Å²) in [6.45, 7) is 10.5. The Kier molecular flexibility index (Phi) is 3.96. The van der Waals surface area contributed by atoms with E-state index in [1.165, 1.54) is 5.56 Å². The Morgan fingerprint density at radius 3 is 2.12 bits per heavy atom. The average molecular weight is 320 g/mol. The summed E-state index contributed by atoms with van der Waals surface area (Å²) in [5, 5.41) is 15.1. The maximum atomic E-state index is 10.6. The summed E-state index contributed by atoms with van der Waals surface area (Å²) in [5.74, 6) is 0.0985. The van der Waals surface area contributed by atoms with Crippen molar-refractivity contribution in [1.29, 1.82) is 0 Å². The van der Waals surface area contributed by atoms with E-state index in [0.29, 0.717) is 0 Å². The lowest BCUT2D eigenvalue weighted by atomic mass is 9.84. The highest BCUT2D eigenvalue weighted by Gasteiger charge is 2.29. The second-order valence-electron chi connectivity index (χ2n) is 7.36. The highest BCUT2D eigenvalue weighted by Crippen LogP contribution is 2.41. The molecule has 0 aliphatic heterocycles. The first-order valence-electron chi connectivity index (χ1n) is 8.24. The number of hydrogen-bond donors (Lipinski definition) is 1. The second kappa shape index (κ2) is 5.82. The van der Waals surface area contributed by atoms with Crippen molar-refractivity contribution in [1.82, 2.24) is 9.78 Å². The second-order valence-corrected chi connectivity index (χ2v) is 7.36. The number of benzene rings is 2. The van der Waals surface area contributed by atoms with E-state index in [1.54, 1.807) is 0 Å². The van der Waals surface area contributed by atoms with E-state index in [-0.39, 0.29) is 11.3 Å². The fourth-order valence-electron chi connectivity index (χ4n) is 3.06. The first-order chi connectivity index (χ1) is 11.3. The standard InChI is InChI=1S/C21H24N2O/c1-14-10-12-16(13-11-14)23-19(17-9-7-6-8-15(17)2)18(20(24)22-23)21(3,4)5/h6-13H,1-5H3,(H,22,24). The molecular formula is C21H24N2O. The third-order valence-electron chi connectivity index (χ3n) is 4.30. The lowest BCUT2D eigenvalue weighted by Crippen LogP contribution is -2.13. The molecule has 0 fully saturated rings. The Hall–Kier alpha value is -2.55. The molecule has 0 saturated heterocycles. The third-order valence-corrected chi connectivity index (χ3v) is 4.30. The summed E-state index contributed by atoms with van der Waals surface area (Å²) in [6, 6.07) is 16.4. The normalized spacial score (nSPS) is 11.7. The van der Waals surface area contributed by atoms with Crippen LogP contribution in [0.4, 0.5) is 0 Å². The molecule has 2 aromatic carbocycles. The molecule has 0 aliphatic rings. The fourth-order valence-corrected chi connectivity index (χ4v) is 3.06. The minimum Gasteiger partial charge on any atom is -0.492 e. The molecule has 0 bridgehead atoms. The van der Waals surface area contributed by atoms with Gasteiger partial charge in [-0.1, -0.05) is 62.7 Å². The molecule has 0 unspecified atom stereocenters. The van der Waals surface area contributed by atoms with Crippen LogP contribution >= 0.6 is 0 Å². The summed E-state index contributed by atoms with van der Waals surface area (Å²) >= 11 is 0. The molecular weight excluding hydrogens is 296 g/mol. The summed E-state index contributed by atoms with van der Waals surface area (Å²) in [4.78, 5) is 0. The topological polar surface area (TPSA) is 38.0 Å². The average Bonchev–Trinajstić information content (AvgIpc) is 2.86. The molecule has 0 radical (unpaired) electrons. The summed E-state index contributed by atoms with van der Waals surface area (Å²) in [6.07, 6.45) is 0. The molecule has 0 saturated carbocycles. The first kappa shape index (κ1) is 16.3. The van der Waals surface area contributed by atoms with Crippen molar-refractivity contribution >= 4 is 0 Å². The lowest BCUT2D eigenvalue weighted by Gasteiger charge is -2.21. The van der Waals surface area contributed by atoms with E-state index in [0.717, 1.165) is 28.1 Å². The van der Waals surface area contributed by atoms with Gasteiger partial charge in [0, 0.05) is 11.1 Å². The Morgan fingerprint density at radius 2 is 1.54 bits per heavy atom. The molecule has 0 atom stereocenters. The van der Waals surface area contributed by atoms with Crippen LogP contribution in [0.3, 0.4) is 0 Å². The number of aromatic hydroxyl groups is 1. The number of aryl methyl sites for hydroxylation is 2. The number of hydrogen-bond acceptors (Lipinski definition) is 2. The zero-order valence-electron chi connectivity index (χ0n) is 15.0. The van der Waals surface area contributed by atoms with Crippen molar-refractivity contribution in [2.75, 3.05) is 0 Å². The van der Waals surface area contributed by atoms with Crippen molar-refractivity contribution in [2.45, 2.75) is 40.0 Å². The third kappa shape index (κ3) is 2.82. The van der Waals surface area contributed by atoms with Gasteiger partial charge in [0.25, 0.3) is 0 Å². The summed E-state index contributed by atoms with van der Waals surface area (Å²) in [5.41, 5.74) is 6.02. The van der Waals surface area contributed by atoms with Crippen LogP contribution in [-0.4, -0.2) is 14.9 Å². The van der Waals surface area contributed by atoms with E-state index >= 15 is 0 Å². The van der Waals surface area contributed by atoms with Crippen LogP contribution in [0.15, 0.2) is 48.5 Å². The van der Waals surface area contributed by atoms with Gasteiger partial charge >= 0.3 is 0 Å². The van der Waals surface area contributed by atoms with Crippen molar-refractivity contribution in [3.8, 4) is 22.8 Å². The molecule has 3 rings (SSSR count). The van der Waals surface area contributed by atoms with Gasteiger partial charge in [0.15, 0.2) is 0 Å². The zero-order valence-corrected chi connectivity index (χ0v) is 15.0. The van der Waals surface area contributed by atoms with Gasteiger partial charge in [0.1, 0.15) is 0 Å². The predicted molar refractivity (Wildman–Crippen MR) is 98.8 cm³/mol. The minimum atomic E-state index is -0.218. The van der Waals surface area contributed by atoms with Crippen molar-refractivity contribution < 1.29 is 5.11 Å². The van der Waals surface area contributed by atoms with E-state index in [2.05, 4.69) is 64.0 Å². The van der Waals surface area contributed by atoms with E-state index in [9.17, 15) is 5.11 Å². The van der Waals surface area contributed by atoms with Gasteiger partial charge in [-0.05, 0) is 37.0 Å². The SMILES string of the molecule is Cc1ccc(-n2nc(O)c(C(C)(C)C)c2-c2ccccc2C)cc1. The monoisotopic (exact) mass is 320 g/mol. The Morgan fingerprint density at radius 1 is 0.917 bits per heavy atom. The summed E-state index contributed by atoms with van der Waals surface area (Å²) < 4.78 is 1.86. The smallest absolute Gasteiger partial charge is 0.235 e. The highest BCUT2D eigenvalue weighted by atomic mass is 16.3. The van der Waals surface area contributed by atoms with Gasteiger partial charge < -0.3 is 5.11 Å². The largest absolute Gasteiger partial charge is 0.492 e. The molecule has 3 heteroatoms. The van der Waals surface area contributed by atoms with Crippen molar-refractivity contribution in [3.63, 3.8) is 0 Å². The molecule has 1 heterocycles. The van der Waals surface area contributed by atoms with E-state index in [4.69, 9.17) is 0 Å². The predicted octanol–water partition coefficient (Wildman–Crippen LogP) is 5.16. The van der Waals surface area contributed by atoms with Crippen LogP contribution in [0.25, 0.3) is 16.9 Å². The number of nitrogens with zero attached hydrogens (tertiary/aromatic N) is 2. The van der Waals surface area contributed by atoms with Gasteiger partial charge in [-0.3, -0.25) is 0 Å². The zero-order chi connectivity index (χ0) is 17.5. The van der Waals surface area contributed by atoms with E-state index in [1.807, 2.05) is 28.9 Å². The Labute approximate surface area is 143 Å². The summed E-state index contributed by atoms with van der Waals surface area (Å²) in [7, 11) is 0. The van der Waals surface area contributed by atoms with Gasteiger partial charge in [-0.2, -0.15) is 0 Å². The van der Waals surface area contributed by atoms with Crippen LogP contribution in [0.2, 0.25) is 0 Å². The molecule has 124 valence electrons. The van der Waals surface area contributed by atoms with Crippen LogP contribution < -0.4 is 0 Å². The molecule has 0 spiro atoms. The molecule has 3 nitrogen and oxygen atoms in total. The Balaban J connectivity index is 2.35. The van der Waals surface area contributed by atoms with E-state index < -0.39 is 0 Å². The molecule has 24 heavy (non-hydrogen) atoms. The molecule has 0 aliphatic carbocycles. The van der Waals surface area contributed by atoms with Gasteiger partial charge in [-0.25, -0.2) is 4.68 Å². The molecule has 1 aromatic heterocycles. The molecule has 0 amide bonds. The maximum Gasteiger partial charge on any atom is 0.235 e. The van der Waals surface area contributed by atoms with Gasteiger partial charge in [0.05, 0.1) is 11.4 Å². The quantitative estimate of drug-likeness (QED) is 0.708. The lowest BCUT2D eigenvalue weighted by molar-refractivity contribution is 0.427. The van der Waals surface area contributed by atoms with Crippen LogP contribution in [-0.2, 0) is 5.41 Å². The number of rotatable bonds is 2. The van der Waals surface area contributed by atoms with Crippen LogP contribution in [0, 0.1) is 13.8 Å². The van der Waals surface area contributed by atoms with Gasteiger partial charge in [0.2, 0.25) is 5.88 Å². The van der Waals surface area contributed by atoms with Crippen molar-refractivity contribution in [3.05, 3.63) is 65.2 Å². The van der Waals surface area contributed by atoms with Gasteiger partial charge in [-0.15, -0.1) is 5.10 Å². The first-order valence-corrected chi connectivity index (χ1v) is 8.24. The van der Waals surface area contributed by atoms with Crippen LogP contribution in [0.1, 0.15) is 37.5 Å². The van der Waals surface area contributed by atoms with Crippen molar-refractivity contribution in [2.24, 2.45) is 0 Å². The highest BCUT2D eigenvalue weighted by molar-refractivity contribution is 5.72. The molecule has 3 aromatic rings. The van der Waals surface area contributed by atoms with Crippen LogP contribution in [0.5, 0.6) is 5.88 Å². The molecule has 1 N–H and O–H groups in total. The Bertz CT molecular complexity index is 868.